The van der Waals surface area contributed by atoms with Gasteiger partial charge in [-0.3, -0.25) is 0 Å². The molecule has 2 aromatic heterocycles. The van der Waals surface area contributed by atoms with Crippen LogP contribution in [0.2, 0.25) is 0 Å². The van der Waals surface area contributed by atoms with Crippen molar-refractivity contribution in [2.24, 2.45) is 0 Å². The average Bonchev–Trinajstić information content (AvgIpc) is 2.83. The number of hydrogen-bond acceptors (Lipinski definition) is 2. The van der Waals surface area contributed by atoms with Crippen LogP contribution in [0.3, 0.4) is 0 Å². The van der Waals surface area contributed by atoms with Crippen molar-refractivity contribution in [2.75, 3.05) is 0 Å². The van der Waals surface area contributed by atoms with Crippen LogP contribution in [0.15, 0.2) is 42.6 Å². The van der Waals surface area contributed by atoms with Crippen molar-refractivity contribution in [3.8, 4) is 23.6 Å². The molecule has 2 heterocycles. The molecule has 92 valence electrons. The molecule has 0 fully saturated rings. The zero-order chi connectivity index (χ0) is 13.2. The minimum absolute atomic E-state index is 0.658. The number of aromatic nitrogens is 3. The Balaban J connectivity index is 2.09. The summed E-state index contributed by atoms with van der Waals surface area (Å²) in [6.07, 6.45) is 7.81. The fourth-order valence-corrected chi connectivity index (χ4v) is 2.07. The standard InChI is InChI=1S/C16H13N3/c1-3-4-13-6-8-14(9-7-13)15-11-17-16-10-5-12(2)18-19(15)16/h1,5-11H,4H2,2H3. The van der Waals surface area contributed by atoms with E-state index in [1.165, 1.54) is 0 Å². The number of nitrogens with zero attached hydrogens (tertiary/aromatic N) is 3. The van der Waals surface area contributed by atoms with E-state index in [2.05, 4.69) is 28.1 Å². The monoisotopic (exact) mass is 247 g/mol. The van der Waals surface area contributed by atoms with Crippen molar-refractivity contribution in [1.82, 2.24) is 14.6 Å². The van der Waals surface area contributed by atoms with Crippen molar-refractivity contribution in [3.63, 3.8) is 0 Å². The molecule has 0 N–H and O–H groups in total. The molecular weight excluding hydrogens is 234 g/mol. The number of rotatable bonds is 2. The highest BCUT2D eigenvalue weighted by atomic mass is 15.3. The van der Waals surface area contributed by atoms with Crippen molar-refractivity contribution < 1.29 is 0 Å². The molecule has 0 spiro atoms. The van der Waals surface area contributed by atoms with Gasteiger partial charge in [0.15, 0.2) is 5.65 Å². The molecule has 3 nitrogen and oxygen atoms in total. The Morgan fingerprint density at radius 1 is 1.16 bits per heavy atom. The third-order valence-corrected chi connectivity index (χ3v) is 3.05. The fraction of sp³-hybridized carbons (Fsp3) is 0.125. The zero-order valence-electron chi connectivity index (χ0n) is 10.7. The highest BCUT2D eigenvalue weighted by molar-refractivity contribution is 5.63. The van der Waals surface area contributed by atoms with Crippen LogP contribution in [0.5, 0.6) is 0 Å². The van der Waals surface area contributed by atoms with Crippen molar-refractivity contribution in [2.45, 2.75) is 13.3 Å². The number of fused-ring (bicyclic) bond motifs is 1. The molecular formula is C16H13N3. The Morgan fingerprint density at radius 2 is 1.95 bits per heavy atom. The third-order valence-electron chi connectivity index (χ3n) is 3.05. The Kier molecular flexibility index (Phi) is 2.77. The van der Waals surface area contributed by atoms with Gasteiger partial charge in [-0.15, -0.1) is 12.3 Å². The molecule has 0 saturated heterocycles. The molecule has 3 aromatic rings. The van der Waals surface area contributed by atoms with Gasteiger partial charge in [0.05, 0.1) is 17.6 Å². The van der Waals surface area contributed by atoms with Gasteiger partial charge in [-0.2, -0.15) is 5.10 Å². The third kappa shape index (κ3) is 2.09. The SMILES string of the molecule is C#CCc1ccc(-c2cnc3ccc(C)nn23)cc1. The van der Waals surface area contributed by atoms with Gasteiger partial charge in [-0.25, -0.2) is 9.50 Å². The minimum Gasteiger partial charge on any atom is -0.235 e. The number of aryl methyl sites for hydroxylation is 1. The zero-order valence-corrected chi connectivity index (χ0v) is 10.7. The van der Waals surface area contributed by atoms with Crippen LogP contribution in [0.1, 0.15) is 11.3 Å². The Labute approximate surface area is 111 Å². The smallest absolute Gasteiger partial charge is 0.154 e. The van der Waals surface area contributed by atoms with E-state index in [4.69, 9.17) is 6.42 Å². The van der Waals surface area contributed by atoms with E-state index in [9.17, 15) is 0 Å². The predicted molar refractivity (Wildman–Crippen MR) is 75.7 cm³/mol. The fourth-order valence-electron chi connectivity index (χ4n) is 2.07. The van der Waals surface area contributed by atoms with E-state index < -0.39 is 0 Å². The van der Waals surface area contributed by atoms with Gasteiger partial charge in [-0.05, 0) is 24.6 Å². The first kappa shape index (κ1) is 11.5. The van der Waals surface area contributed by atoms with Gasteiger partial charge < -0.3 is 0 Å². The first-order chi connectivity index (χ1) is 9.28. The van der Waals surface area contributed by atoms with Crippen molar-refractivity contribution in [3.05, 3.63) is 53.9 Å². The van der Waals surface area contributed by atoms with E-state index in [0.717, 1.165) is 28.2 Å². The molecule has 0 radical (unpaired) electrons. The second-order valence-corrected chi connectivity index (χ2v) is 4.47. The van der Waals surface area contributed by atoms with Gasteiger partial charge in [-0.1, -0.05) is 24.3 Å². The van der Waals surface area contributed by atoms with Gasteiger partial charge in [0, 0.05) is 12.0 Å². The van der Waals surface area contributed by atoms with E-state index in [0.29, 0.717) is 6.42 Å². The minimum atomic E-state index is 0.658. The van der Waals surface area contributed by atoms with Crippen LogP contribution in [-0.4, -0.2) is 14.6 Å². The van der Waals surface area contributed by atoms with E-state index >= 15 is 0 Å². The summed E-state index contributed by atoms with van der Waals surface area (Å²) < 4.78 is 1.87. The van der Waals surface area contributed by atoms with Crippen molar-refractivity contribution >= 4 is 5.65 Å². The molecule has 1 aromatic carbocycles. The lowest BCUT2D eigenvalue weighted by atomic mass is 10.1. The molecule has 0 atom stereocenters. The number of terminal acetylenes is 1. The van der Waals surface area contributed by atoms with Crippen LogP contribution in [0, 0.1) is 19.3 Å². The van der Waals surface area contributed by atoms with Gasteiger partial charge >= 0.3 is 0 Å². The van der Waals surface area contributed by atoms with Crippen LogP contribution < -0.4 is 0 Å². The molecule has 3 rings (SSSR count). The first-order valence-corrected chi connectivity index (χ1v) is 6.12. The Hall–Kier alpha value is -2.60. The maximum atomic E-state index is 5.31. The Bertz CT molecular complexity index is 761. The molecule has 19 heavy (non-hydrogen) atoms. The quantitative estimate of drug-likeness (QED) is 0.652. The van der Waals surface area contributed by atoms with Crippen LogP contribution in [0.4, 0.5) is 0 Å². The highest BCUT2D eigenvalue weighted by Gasteiger charge is 2.06. The summed E-state index contributed by atoms with van der Waals surface area (Å²) in [6, 6.07) is 12.1. The maximum absolute atomic E-state index is 5.31. The normalized spacial score (nSPS) is 10.5. The molecule has 0 unspecified atom stereocenters. The van der Waals surface area contributed by atoms with E-state index in [1.54, 1.807) is 0 Å². The summed E-state index contributed by atoms with van der Waals surface area (Å²) in [5.74, 6) is 2.65. The first-order valence-electron chi connectivity index (χ1n) is 6.12. The van der Waals surface area contributed by atoms with Crippen LogP contribution >= 0.6 is 0 Å². The Morgan fingerprint density at radius 3 is 2.68 bits per heavy atom. The molecule has 0 aliphatic rings. The van der Waals surface area contributed by atoms with Crippen molar-refractivity contribution in [1.29, 1.82) is 0 Å². The summed E-state index contributed by atoms with van der Waals surface area (Å²) >= 11 is 0. The summed E-state index contributed by atoms with van der Waals surface area (Å²) in [5.41, 5.74) is 5.05. The number of hydrogen-bond donors (Lipinski definition) is 0. The lowest BCUT2D eigenvalue weighted by Gasteiger charge is -2.03. The molecule has 0 saturated carbocycles. The van der Waals surface area contributed by atoms with Gasteiger partial charge in [0.2, 0.25) is 0 Å². The molecule has 3 heteroatoms. The summed E-state index contributed by atoms with van der Waals surface area (Å²) in [5, 5.41) is 4.49. The highest BCUT2D eigenvalue weighted by Crippen LogP contribution is 2.20. The largest absolute Gasteiger partial charge is 0.235 e. The van der Waals surface area contributed by atoms with Crippen LogP contribution in [0.25, 0.3) is 16.9 Å². The predicted octanol–water partition coefficient (Wildman–Crippen LogP) is 2.88. The topological polar surface area (TPSA) is 30.2 Å². The van der Waals surface area contributed by atoms with Gasteiger partial charge in [0.1, 0.15) is 0 Å². The van der Waals surface area contributed by atoms with Gasteiger partial charge in [0.25, 0.3) is 0 Å². The molecule has 0 aliphatic heterocycles. The number of benzene rings is 1. The average molecular weight is 247 g/mol. The maximum Gasteiger partial charge on any atom is 0.154 e. The number of imidazole rings is 1. The summed E-state index contributed by atoms with van der Waals surface area (Å²) in [6.45, 7) is 1.97. The molecule has 0 bridgehead atoms. The van der Waals surface area contributed by atoms with Crippen LogP contribution in [-0.2, 0) is 6.42 Å². The molecule has 0 amide bonds. The summed E-state index contributed by atoms with van der Waals surface area (Å²) in [4.78, 5) is 4.36. The van der Waals surface area contributed by atoms with E-state index in [-0.39, 0.29) is 0 Å². The second kappa shape index (κ2) is 4.58. The summed E-state index contributed by atoms with van der Waals surface area (Å²) in [7, 11) is 0. The molecule has 0 aliphatic carbocycles. The lowest BCUT2D eigenvalue weighted by molar-refractivity contribution is 0.907. The lowest BCUT2D eigenvalue weighted by Crippen LogP contribution is -1.96. The second-order valence-electron chi connectivity index (χ2n) is 4.47. The van der Waals surface area contributed by atoms with E-state index in [1.807, 2.05) is 41.9 Å².